The SMILES string of the molecule is OC[C@@H]1CN(Cc2ccc(-n3ccnc3)cc2)C[C@@H]1CN1CCCCCC1. The van der Waals surface area contributed by atoms with E-state index in [9.17, 15) is 5.11 Å². The van der Waals surface area contributed by atoms with Crippen molar-refractivity contribution in [1.29, 1.82) is 0 Å². The minimum atomic E-state index is 0.314. The number of hydrogen-bond acceptors (Lipinski definition) is 4. The molecule has 27 heavy (non-hydrogen) atoms. The van der Waals surface area contributed by atoms with Crippen molar-refractivity contribution >= 4 is 0 Å². The van der Waals surface area contributed by atoms with Crippen molar-refractivity contribution in [2.45, 2.75) is 32.2 Å². The van der Waals surface area contributed by atoms with Crippen molar-refractivity contribution in [3.8, 4) is 5.69 Å². The lowest BCUT2D eigenvalue weighted by atomic mass is 9.96. The van der Waals surface area contributed by atoms with Crippen LogP contribution >= 0.6 is 0 Å². The van der Waals surface area contributed by atoms with Crippen molar-refractivity contribution in [2.75, 3.05) is 39.3 Å². The van der Waals surface area contributed by atoms with Gasteiger partial charge in [0, 0.05) is 50.9 Å². The van der Waals surface area contributed by atoms with E-state index in [2.05, 4.69) is 39.0 Å². The summed E-state index contributed by atoms with van der Waals surface area (Å²) in [6.45, 7) is 7.03. The molecule has 4 rings (SSSR count). The Bertz CT molecular complexity index is 677. The molecule has 2 fully saturated rings. The molecule has 0 saturated carbocycles. The van der Waals surface area contributed by atoms with E-state index in [1.54, 1.807) is 6.20 Å². The van der Waals surface area contributed by atoms with Gasteiger partial charge in [-0.3, -0.25) is 4.90 Å². The van der Waals surface area contributed by atoms with Gasteiger partial charge in [-0.2, -0.15) is 0 Å². The third-order valence-corrected chi connectivity index (χ3v) is 6.22. The number of aliphatic hydroxyl groups excluding tert-OH is 1. The average molecular weight is 369 g/mol. The Balaban J connectivity index is 1.34. The Labute approximate surface area is 162 Å². The normalized spacial score (nSPS) is 24.9. The predicted molar refractivity (Wildman–Crippen MR) is 108 cm³/mol. The first-order valence-corrected chi connectivity index (χ1v) is 10.4. The van der Waals surface area contributed by atoms with Gasteiger partial charge in [0.2, 0.25) is 0 Å². The van der Waals surface area contributed by atoms with Gasteiger partial charge < -0.3 is 14.6 Å². The van der Waals surface area contributed by atoms with Gasteiger partial charge in [-0.1, -0.05) is 25.0 Å². The highest BCUT2D eigenvalue weighted by molar-refractivity contribution is 5.34. The Kier molecular flexibility index (Phi) is 6.22. The smallest absolute Gasteiger partial charge is 0.0991 e. The number of rotatable bonds is 6. The number of likely N-dealkylation sites (tertiary alicyclic amines) is 2. The molecule has 1 aromatic carbocycles. The molecule has 5 nitrogen and oxygen atoms in total. The molecule has 0 bridgehead atoms. The quantitative estimate of drug-likeness (QED) is 0.852. The van der Waals surface area contributed by atoms with Crippen molar-refractivity contribution in [1.82, 2.24) is 19.4 Å². The summed E-state index contributed by atoms with van der Waals surface area (Å²) in [5.41, 5.74) is 2.48. The first kappa shape index (κ1) is 18.7. The van der Waals surface area contributed by atoms with Gasteiger partial charge in [0.05, 0.1) is 6.33 Å². The first-order valence-electron chi connectivity index (χ1n) is 10.4. The Morgan fingerprint density at radius 1 is 0.926 bits per heavy atom. The fourth-order valence-corrected chi connectivity index (χ4v) is 4.67. The maximum absolute atomic E-state index is 9.89. The van der Waals surface area contributed by atoms with Crippen molar-refractivity contribution in [3.05, 3.63) is 48.5 Å². The van der Waals surface area contributed by atoms with Gasteiger partial charge in [0.1, 0.15) is 0 Å². The van der Waals surface area contributed by atoms with Crippen LogP contribution in [0.1, 0.15) is 31.2 Å². The van der Waals surface area contributed by atoms with E-state index in [0.29, 0.717) is 18.4 Å². The molecule has 2 atom stereocenters. The summed E-state index contributed by atoms with van der Waals surface area (Å²) in [6, 6.07) is 8.74. The molecule has 146 valence electrons. The van der Waals surface area contributed by atoms with Crippen LogP contribution in [0.5, 0.6) is 0 Å². The molecule has 1 aromatic heterocycles. The van der Waals surface area contributed by atoms with E-state index in [0.717, 1.165) is 31.9 Å². The van der Waals surface area contributed by atoms with Crippen LogP contribution in [0, 0.1) is 11.8 Å². The summed E-state index contributed by atoms with van der Waals surface area (Å²) >= 11 is 0. The number of aromatic nitrogens is 2. The predicted octanol–water partition coefficient (Wildman–Crippen LogP) is 2.79. The zero-order chi connectivity index (χ0) is 18.5. The molecule has 5 heteroatoms. The second-order valence-electron chi connectivity index (χ2n) is 8.25. The zero-order valence-electron chi connectivity index (χ0n) is 16.2. The maximum Gasteiger partial charge on any atom is 0.0991 e. The van der Waals surface area contributed by atoms with Gasteiger partial charge in [-0.25, -0.2) is 4.98 Å². The lowest BCUT2D eigenvalue weighted by Crippen LogP contribution is -2.34. The summed E-state index contributed by atoms with van der Waals surface area (Å²) in [4.78, 5) is 9.28. The topological polar surface area (TPSA) is 44.5 Å². The first-order chi connectivity index (χ1) is 13.3. The molecule has 3 heterocycles. The zero-order valence-corrected chi connectivity index (χ0v) is 16.2. The summed E-state index contributed by atoms with van der Waals surface area (Å²) in [7, 11) is 0. The third kappa shape index (κ3) is 4.78. The Morgan fingerprint density at radius 2 is 1.67 bits per heavy atom. The number of imidazole rings is 1. The molecule has 1 N–H and O–H groups in total. The summed E-state index contributed by atoms with van der Waals surface area (Å²) in [5.74, 6) is 1.01. The second-order valence-corrected chi connectivity index (χ2v) is 8.25. The monoisotopic (exact) mass is 368 g/mol. The van der Waals surface area contributed by atoms with Gasteiger partial charge in [-0.15, -0.1) is 0 Å². The van der Waals surface area contributed by atoms with Gasteiger partial charge in [-0.05, 0) is 55.5 Å². The average Bonchev–Trinajstić information content (AvgIpc) is 3.28. The van der Waals surface area contributed by atoms with Gasteiger partial charge in [0.25, 0.3) is 0 Å². The fourth-order valence-electron chi connectivity index (χ4n) is 4.67. The van der Waals surface area contributed by atoms with E-state index in [-0.39, 0.29) is 0 Å². The molecule has 0 amide bonds. The Morgan fingerprint density at radius 3 is 2.33 bits per heavy atom. The van der Waals surface area contributed by atoms with Crippen molar-refractivity contribution in [3.63, 3.8) is 0 Å². The van der Waals surface area contributed by atoms with Crippen LogP contribution in [0.4, 0.5) is 0 Å². The number of nitrogens with zero attached hydrogens (tertiary/aromatic N) is 4. The second kappa shape index (κ2) is 9.00. The van der Waals surface area contributed by atoms with Gasteiger partial charge >= 0.3 is 0 Å². The van der Waals surface area contributed by atoms with Crippen LogP contribution in [0.2, 0.25) is 0 Å². The molecule has 2 aliphatic rings. The van der Waals surface area contributed by atoms with Crippen LogP contribution in [0.25, 0.3) is 5.69 Å². The van der Waals surface area contributed by atoms with Crippen LogP contribution in [-0.2, 0) is 6.54 Å². The lowest BCUT2D eigenvalue weighted by Gasteiger charge is -2.26. The van der Waals surface area contributed by atoms with E-state index in [1.807, 2.05) is 17.1 Å². The molecule has 0 radical (unpaired) electrons. The highest BCUT2D eigenvalue weighted by atomic mass is 16.3. The minimum absolute atomic E-state index is 0.314. The van der Waals surface area contributed by atoms with Crippen LogP contribution in [0.15, 0.2) is 43.0 Å². The molecule has 2 aliphatic heterocycles. The molecule has 2 aromatic rings. The van der Waals surface area contributed by atoms with Crippen molar-refractivity contribution in [2.24, 2.45) is 11.8 Å². The van der Waals surface area contributed by atoms with Crippen LogP contribution < -0.4 is 0 Å². The third-order valence-electron chi connectivity index (χ3n) is 6.22. The summed E-state index contributed by atoms with van der Waals surface area (Å²) in [5, 5.41) is 9.89. The van der Waals surface area contributed by atoms with Crippen LogP contribution in [0.3, 0.4) is 0 Å². The largest absolute Gasteiger partial charge is 0.396 e. The molecule has 2 saturated heterocycles. The number of benzene rings is 1. The maximum atomic E-state index is 9.89. The lowest BCUT2D eigenvalue weighted by molar-refractivity contribution is 0.165. The highest BCUT2D eigenvalue weighted by Crippen LogP contribution is 2.26. The molecule has 0 spiro atoms. The van der Waals surface area contributed by atoms with E-state index in [1.165, 1.54) is 44.3 Å². The molecule has 0 aliphatic carbocycles. The van der Waals surface area contributed by atoms with Crippen LogP contribution in [-0.4, -0.2) is 63.8 Å². The number of hydrogen-bond donors (Lipinski definition) is 1. The van der Waals surface area contributed by atoms with E-state index >= 15 is 0 Å². The van der Waals surface area contributed by atoms with Gasteiger partial charge in [0.15, 0.2) is 0 Å². The van der Waals surface area contributed by atoms with Crippen molar-refractivity contribution < 1.29 is 5.11 Å². The molecular weight excluding hydrogens is 336 g/mol. The Hall–Kier alpha value is -1.69. The molecular formula is C22H32N4O. The molecule has 0 unspecified atom stereocenters. The minimum Gasteiger partial charge on any atom is -0.396 e. The standard InChI is InChI=1S/C22H32N4O/c27-17-21-16-25(15-20(21)14-24-10-3-1-2-4-11-24)13-19-5-7-22(8-6-19)26-12-9-23-18-26/h5-9,12,18,20-21,27H,1-4,10-11,13-17H2/t20-,21-/m0/s1. The fraction of sp³-hybridized carbons (Fsp3) is 0.591. The highest BCUT2D eigenvalue weighted by Gasteiger charge is 2.33. The number of aliphatic hydroxyl groups is 1. The van der Waals surface area contributed by atoms with E-state index in [4.69, 9.17) is 0 Å². The van der Waals surface area contributed by atoms with E-state index < -0.39 is 0 Å². The summed E-state index contributed by atoms with van der Waals surface area (Å²) < 4.78 is 2.03. The summed E-state index contributed by atoms with van der Waals surface area (Å²) in [6.07, 6.45) is 11.0.